The first-order valence-corrected chi connectivity index (χ1v) is 15.8. The Morgan fingerprint density at radius 1 is 0.667 bits per heavy atom. The Labute approximate surface area is 262 Å². The zero-order valence-electron chi connectivity index (χ0n) is 26.0. The van der Waals surface area contributed by atoms with Crippen molar-refractivity contribution in [2.24, 2.45) is 0 Å². The second-order valence-corrected chi connectivity index (χ2v) is 13.1. The molecule has 45 heavy (non-hydrogen) atoms. The van der Waals surface area contributed by atoms with Crippen molar-refractivity contribution in [3.63, 3.8) is 0 Å². The van der Waals surface area contributed by atoms with Crippen molar-refractivity contribution < 1.29 is 9.47 Å². The summed E-state index contributed by atoms with van der Waals surface area (Å²) in [6.45, 7) is 4.70. The van der Waals surface area contributed by atoms with Gasteiger partial charge >= 0.3 is 0 Å². The fourth-order valence-corrected chi connectivity index (χ4v) is 7.72. The van der Waals surface area contributed by atoms with Gasteiger partial charge in [-0.2, -0.15) is 5.10 Å². The van der Waals surface area contributed by atoms with E-state index in [9.17, 15) is 0 Å². The van der Waals surface area contributed by atoms with Gasteiger partial charge in [0.05, 0.1) is 19.7 Å². The first-order valence-electron chi connectivity index (χ1n) is 15.8. The van der Waals surface area contributed by atoms with Crippen LogP contribution in [0.2, 0.25) is 0 Å². The zero-order chi connectivity index (χ0) is 30.4. The molecule has 0 bridgehead atoms. The number of hydrogen-bond donors (Lipinski definition) is 0. The number of nitrogens with zero attached hydrogens (tertiary/aromatic N) is 2. The Kier molecular flexibility index (Phi) is 5.53. The highest BCUT2D eigenvalue weighted by molar-refractivity contribution is 6.11. The summed E-state index contributed by atoms with van der Waals surface area (Å²) in [5, 5.41) is 10.2. The summed E-state index contributed by atoms with van der Waals surface area (Å²) in [5.41, 5.74) is 12.1. The summed E-state index contributed by atoms with van der Waals surface area (Å²) >= 11 is 0. The molecule has 0 N–H and O–H groups in total. The average Bonchev–Trinajstić information content (AvgIpc) is 3.81. The topological polar surface area (TPSA) is 35.8 Å². The van der Waals surface area contributed by atoms with E-state index in [0.717, 1.165) is 44.6 Å². The van der Waals surface area contributed by atoms with Crippen LogP contribution in [0.5, 0.6) is 11.5 Å². The Morgan fingerprint density at radius 2 is 1.38 bits per heavy atom. The predicted molar refractivity (Wildman–Crippen MR) is 184 cm³/mol. The molecule has 0 radical (unpaired) electrons. The van der Waals surface area contributed by atoms with E-state index in [1.165, 1.54) is 57.1 Å². The largest absolute Gasteiger partial charge is 0.493 e. The molecule has 0 spiro atoms. The van der Waals surface area contributed by atoms with Gasteiger partial charge in [-0.25, -0.2) is 4.52 Å². The number of aromatic nitrogens is 2. The van der Waals surface area contributed by atoms with Crippen LogP contribution in [0.1, 0.15) is 49.4 Å². The van der Waals surface area contributed by atoms with Crippen LogP contribution in [0, 0.1) is 0 Å². The quantitative estimate of drug-likeness (QED) is 0.201. The summed E-state index contributed by atoms with van der Waals surface area (Å²) in [6, 6.07) is 37.7. The highest BCUT2D eigenvalue weighted by Crippen LogP contribution is 2.52. The van der Waals surface area contributed by atoms with Gasteiger partial charge < -0.3 is 9.47 Å². The number of rotatable bonds is 5. The Bertz CT molecular complexity index is 2340. The highest BCUT2D eigenvalue weighted by atomic mass is 16.5. The van der Waals surface area contributed by atoms with Crippen LogP contribution in [0.4, 0.5) is 0 Å². The third-order valence-electron chi connectivity index (χ3n) is 10.2. The van der Waals surface area contributed by atoms with Gasteiger partial charge in [0.1, 0.15) is 5.69 Å². The van der Waals surface area contributed by atoms with Crippen molar-refractivity contribution in [3.8, 4) is 45.0 Å². The second-order valence-electron chi connectivity index (χ2n) is 13.1. The zero-order valence-corrected chi connectivity index (χ0v) is 26.0. The summed E-state index contributed by atoms with van der Waals surface area (Å²) in [5.74, 6) is 1.95. The minimum Gasteiger partial charge on any atom is -0.493 e. The molecule has 2 heterocycles. The van der Waals surface area contributed by atoms with Crippen LogP contribution in [0.15, 0.2) is 103 Å². The molecular weight excluding hydrogens is 552 g/mol. The molecule has 0 aliphatic heterocycles. The third kappa shape index (κ3) is 3.75. The van der Waals surface area contributed by atoms with Crippen LogP contribution in [-0.2, 0) is 5.41 Å². The molecule has 2 aromatic heterocycles. The van der Waals surface area contributed by atoms with Gasteiger partial charge in [0.15, 0.2) is 11.5 Å². The fourth-order valence-electron chi connectivity index (χ4n) is 7.72. The molecule has 0 saturated heterocycles. The lowest BCUT2D eigenvalue weighted by Gasteiger charge is -2.22. The van der Waals surface area contributed by atoms with Crippen molar-refractivity contribution in [2.75, 3.05) is 14.2 Å². The Hall–Kier alpha value is -5.09. The molecule has 0 atom stereocenters. The summed E-state index contributed by atoms with van der Waals surface area (Å²) in [4.78, 5) is 0. The van der Waals surface area contributed by atoms with Crippen molar-refractivity contribution in [1.82, 2.24) is 9.61 Å². The minimum atomic E-state index is -0.109. The molecule has 2 aliphatic carbocycles. The lowest BCUT2D eigenvalue weighted by molar-refractivity contribution is 0.356. The molecule has 4 nitrogen and oxygen atoms in total. The van der Waals surface area contributed by atoms with E-state index in [4.69, 9.17) is 14.6 Å². The van der Waals surface area contributed by atoms with Gasteiger partial charge in [0.25, 0.3) is 0 Å². The van der Waals surface area contributed by atoms with E-state index >= 15 is 0 Å². The van der Waals surface area contributed by atoms with Crippen LogP contribution in [-0.4, -0.2) is 23.8 Å². The predicted octanol–water partition coefficient (Wildman–Crippen LogP) is 10.2. The number of methoxy groups -OCH3 is 2. The maximum atomic E-state index is 5.85. The minimum absolute atomic E-state index is 0.109. The van der Waals surface area contributed by atoms with Gasteiger partial charge in [-0.15, -0.1) is 0 Å². The van der Waals surface area contributed by atoms with E-state index in [2.05, 4.69) is 121 Å². The van der Waals surface area contributed by atoms with Gasteiger partial charge in [-0.1, -0.05) is 92.7 Å². The summed E-state index contributed by atoms with van der Waals surface area (Å²) < 4.78 is 13.9. The molecule has 9 rings (SSSR count). The van der Waals surface area contributed by atoms with Gasteiger partial charge in [0, 0.05) is 33.5 Å². The summed E-state index contributed by atoms with van der Waals surface area (Å²) in [6.07, 6.45) is 2.36. The monoisotopic (exact) mass is 586 g/mol. The van der Waals surface area contributed by atoms with Gasteiger partial charge in [-0.05, 0) is 81.1 Å². The SMILES string of the molecule is COc1cc2cc(C3CC3)n3nc(-c4cccc5ccccc45)c(-c4ccc5c(c4)C(C)(C)c4ccccc4-5)c3c2cc1OC. The number of ether oxygens (including phenoxy) is 2. The molecule has 1 fully saturated rings. The van der Waals surface area contributed by atoms with Crippen molar-refractivity contribution >= 4 is 27.1 Å². The van der Waals surface area contributed by atoms with Gasteiger partial charge in [0.2, 0.25) is 0 Å². The van der Waals surface area contributed by atoms with Crippen molar-refractivity contribution in [1.29, 1.82) is 0 Å². The average molecular weight is 587 g/mol. The van der Waals surface area contributed by atoms with Crippen LogP contribution in [0.3, 0.4) is 0 Å². The van der Waals surface area contributed by atoms with E-state index < -0.39 is 0 Å². The van der Waals surface area contributed by atoms with Crippen LogP contribution in [0.25, 0.3) is 60.6 Å². The van der Waals surface area contributed by atoms with E-state index in [1.807, 2.05) is 0 Å². The normalized spacial score (nSPS) is 15.0. The first-order chi connectivity index (χ1) is 22.0. The molecule has 4 heteroatoms. The van der Waals surface area contributed by atoms with Crippen LogP contribution < -0.4 is 9.47 Å². The van der Waals surface area contributed by atoms with Crippen LogP contribution >= 0.6 is 0 Å². The molecule has 0 unspecified atom stereocenters. The van der Waals surface area contributed by atoms with E-state index in [0.29, 0.717) is 5.92 Å². The van der Waals surface area contributed by atoms with E-state index in [1.54, 1.807) is 14.2 Å². The molecule has 5 aromatic carbocycles. The molecule has 7 aromatic rings. The maximum absolute atomic E-state index is 5.85. The van der Waals surface area contributed by atoms with Crippen molar-refractivity contribution in [3.05, 3.63) is 120 Å². The summed E-state index contributed by atoms with van der Waals surface area (Å²) in [7, 11) is 3.41. The standard InChI is InChI=1S/C41H34N2O2/c1-41(2)33-15-8-7-13-29(33)30-19-18-26(20-34(30)41)38-39(31-14-9-11-24-10-5-6-12-28(24)31)42-43-35(25-16-17-25)21-27-22-36(44-3)37(45-4)23-32(27)40(38)43/h5-15,18-23,25H,16-17H2,1-4H3. The number of hydrogen-bond acceptors (Lipinski definition) is 3. The lowest BCUT2D eigenvalue weighted by atomic mass is 9.81. The smallest absolute Gasteiger partial charge is 0.161 e. The molecular formula is C41H34N2O2. The lowest BCUT2D eigenvalue weighted by Crippen LogP contribution is -2.14. The molecule has 2 aliphatic rings. The third-order valence-corrected chi connectivity index (χ3v) is 10.2. The molecule has 1 saturated carbocycles. The number of benzene rings is 5. The second kappa shape index (κ2) is 9.45. The Balaban J connectivity index is 1.43. The molecule has 220 valence electrons. The first kappa shape index (κ1) is 26.3. The number of fused-ring (bicyclic) bond motifs is 7. The number of pyridine rings is 1. The Morgan fingerprint density at radius 3 is 2.20 bits per heavy atom. The van der Waals surface area contributed by atoms with Crippen molar-refractivity contribution in [2.45, 2.75) is 38.0 Å². The fraction of sp³-hybridized carbons (Fsp3) is 0.195. The highest BCUT2D eigenvalue weighted by Gasteiger charge is 2.36. The van der Waals surface area contributed by atoms with E-state index in [-0.39, 0.29) is 5.41 Å². The molecule has 0 amide bonds. The van der Waals surface area contributed by atoms with Gasteiger partial charge in [-0.3, -0.25) is 0 Å². The maximum Gasteiger partial charge on any atom is 0.161 e.